The Kier molecular flexibility index (Phi) is 5.08. The predicted octanol–water partition coefficient (Wildman–Crippen LogP) is 4.07. The number of imidazole rings is 1. The highest BCUT2D eigenvalue weighted by atomic mass is 35.5. The summed E-state index contributed by atoms with van der Waals surface area (Å²) in [7, 11) is 0. The fourth-order valence-electron chi connectivity index (χ4n) is 2.24. The molecule has 3 nitrogen and oxygen atoms in total. The molecule has 0 saturated carbocycles. The van der Waals surface area contributed by atoms with Gasteiger partial charge in [-0.2, -0.15) is 0 Å². The molecule has 0 N–H and O–H groups in total. The van der Waals surface area contributed by atoms with Gasteiger partial charge in [0.2, 0.25) is 0 Å². The quantitative estimate of drug-likeness (QED) is 0.752. The Labute approximate surface area is 123 Å². The van der Waals surface area contributed by atoms with Crippen LogP contribution in [0.3, 0.4) is 0 Å². The number of aryl methyl sites for hydroxylation is 1. The summed E-state index contributed by atoms with van der Waals surface area (Å²) in [6.45, 7) is 5.51. The molecule has 19 heavy (non-hydrogen) atoms. The van der Waals surface area contributed by atoms with Gasteiger partial charge >= 0.3 is 0 Å². The second kappa shape index (κ2) is 6.60. The van der Waals surface area contributed by atoms with E-state index in [1.54, 1.807) is 0 Å². The molecule has 1 aromatic heterocycles. The van der Waals surface area contributed by atoms with Crippen molar-refractivity contribution in [2.24, 2.45) is 0 Å². The first-order chi connectivity index (χ1) is 9.17. The van der Waals surface area contributed by atoms with E-state index in [1.807, 2.05) is 25.1 Å². The Morgan fingerprint density at radius 1 is 1.42 bits per heavy atom. The fraction of sp³-hybridized carbons (Fsp3) is 0.500. The van der Waals surface area contributed by atoms with Crippen LogP contribution in [0.15, 0.2) is 18.2 Å². The second-order valence-electron chi connectivity index (χ2n) is 4.48. The van der Waals surface area contributed by atoms with Crippen LogP contribution in [0.25, 0.3) is 11.0 Å². The minimum Gasteiger partial charge on any atom is -0.380 e. The molecule has 0 aliphatic rings. The molecule has 0 fully saturated rings. The number of rotatable bonds is 6. The van der Waals surface area contributed by atoms with Crippen LogP contribution < -0.4 is 0 Å². The maximum absolute atomic E-state index is 6.02. The standard InChI is InChI=1S/C14H18Cl2N2O/c1-3-19-9-10(2)18-13-5-4-11(16)8-12(13)17-14(18)6-7-15/h4-5,8,10H,3,6-7,9H2,1-2H3. The fourth-order valence-corrected chi connectivity index (χ4v) is 2.57. The van der Waals surface area contributed by atoms with Gasteiger partial charge in [-0.15, -0.1) is 11.6 Å². The van der Waals surface area contributed by atoms with E-state index < -0.39 is 0 Å². The summed E-state index contributed by atoms with van der Waals surface area (Å²) in [5, 5.41) is 0.701. The van der Waals surface area contributed by atoms with Crippen LogP contribution >= 0.6 is 23.2 Å². The first-order valence-electron chi connectivity index (χ1n) is 6.47. The Hall–Kier alpha value is -0.770. The summed E-state index contributed by atoms with van der Waals surface area (Å²) in [4.78, 5) is 4.63. The molecule has 0 spiro atoms. The topological polar surface area (TPSA) is 27.1 Å². The monoisotopic (exact) mass is 300 g/mol. The normalized spacial score (nSPS) is 13.1. The summed E-state index contributed by atoms with van der Waals surface area (Å²) >= 11 is 11.9. The molecule has 2 rings (SSSR count). The third-order valence-corrected chi connectivity index (χ3v) is 3.47. The maximum atomic E-state index is 6.02. The number of ether oxygens (including phenoxy) is 1. The van der Waals surface area contributed by atoms with E-state index in [0.717, 1.165) is 23.3 Å². The zero-order chi connectivity index (χ0) is 13.8. The number of halogens is 2. The number of benzene rings is 1. The molecule has 104 valence electrons. The SMILES string of the molecule is CCOCC(C)n1c(CCCl)nc2cc(Cl)ccc21. The zero-order valence-corrected chi connectivity index (χ0v) is 12.7. The van der Waals surface area contributed by atoms with Crippen LogP contribution in [0.5, 0.6) is 0 Å². The van der Waals surface area contributed by atoms with E-state index in [4.69, 9.17) is 27.9 Å². The van der Waals surface area contributed by atoms with Crippen molar-refractivity contribution >= 4 is 34.2 Å². The molecular formula is C14H18Cl2N2O. The molecule has 0 aliphatic heterocycles. The summed E-state index contributed by atoms with van der Waals surface area (Å²) in [6, 6.07) is 6.01. The number of aromatic nitrogens is 2. The van der Waals surface area contributed by atoms with Gasteiger partial charge in [-0.05, 0) is 32.0 Å². The third kappa shape index (κ3) is 3.22. The van der Waals surface area contributed by atoms with Crippen LogP contribution in [0.4, 0.5) is 0 Å². The minimum absolute atomic E-state index is 0.226. The Bertz CT molecular complexity index is 554. The highest BCUT2D eigenvalue weighted by molar-refractivity contribution is 6.31. The first kappa shape index (κ1) is 14.6. The first-order valence-corrected chi connectivity index (χ1v) is 7.38. The van der Waals surface area contributed by atoms with Gasteiger partial charge in [0, 0.05) is 23.9 Å². The molecule has 0 aliphatic carbocycles. The highest BCUT2D eigenvalue weighted by Crippen LogP contribution is 2.24. The average molecular weight is 301 g/mol. The number of hydrogen-bond donors (Lipinski definition) is 0. The average Bonchev–Trinajstić information content (AvgIpc) is 2.73. The van der Waals surface area contributed by atoms with E-state index in [-0.39, 0.29) is 6.04 Å². The van der Waals surface area contributed by atoms with Crippen molar-refractivity contribution in [3.8, 4) is 0 Å². The van der Waals surface area contributed by atoms with Gasteiger partial charge in [-0.25, -0.2) is 4.98 Å². The van der Waals surface area contributed by atoms with Gasteiger partial charge in [0.05, 0.1) is 23.7 Å². The van der Waals surface area contributed by atoms with Crippen molar-refractivity contribution in [2.45, 2.75) is 26.3 Å². The van der Waals surface area contributed by atoms with Crippen LogP contribution in [-0.2, 0) is 11.2 Å². The lowest BCUT2D eigenvalue weighted by molar-refractivity contribution is 0.119. The molecule has 0 radical (unpaired) electrons. The van der Waals surface area contributed by atoms with Gasteiger partial charge in [-0.3, -0.25) is 0 Å². The van der Waals surface area contributed by atoms with E-state index in [0.29, 0.717) is 24.1 Å². The van der Waals surface area contributed by atoms with Crippen molar-refractivity contribution in [3.05, 3.63) is 29.0 Å². The lowest BCUT2D eigenvalue weighted by Gasteiger charge is -2.17. The van der Waals surface area contributed by atoms with Gasteiger partial charge < -0.3 is 9.30 Å². The molecule has 2 aromatic rings. The van der Waals surface area contributed by atoms with Crippen molar-refractivity contribution in [1.29, 1.82) is 0 Å². The van der Waals surface area contributed by atoms with Crippen LogP contribution in [-0.4, -0.2) is 28.6 Å². The smallest absolute Gasteiger partial charge is 0.111 e. The molecule has 1 atom stereocenters. The van der Waals surface area contributed by atoms with Crippen LogP contribution in [0, 0.1) is 0 Å². The summed E-state index contributed by atoms with van der Waals surface area (Å²) in [5.74, 6) is 1.54. The Balaban J connectivity index is 2.45. The molecule has 5 heteroatoms. The second-order valence-corrected chi connectivity index (χ2v) is 5.29. The number of hydrogen-bond acceptors (Lipinski definition) is 2. The minimum atomic E-state index is 0.226. The molecule has 1 heterocycles. The summed E-state index contributed by atoms with van der Waals surface area (Å²) in [6.07, 6.45) is 0.740. The Morgan fingerprint density at radius 2 is 2.21 bits per heavy atom. The molecule has 0 saturated heterocycles. The third-order valence-electron chi connectivity index (χ3n) is 3.05. The molecule has 0 bridgehead atoms. The van der Waals surface area contributed by atoms with E-state index >= 15 is 0 Å². The maximum Gasteiger partial charge on any atom is 0.111 e. The van der Waals surface area contributed by atoms with Gasteiger partial charge in [0.1, 0.15) is 5.82 Å². The zero-order valence-electron chi connectivity index (χ0n) is 11.2. The lowest BCUT2D eigenvalue weighted by atomic mass is 10.2. The number of alkyl halides is 1. The highest BCUT2D eigenvalue weighted by Gasteiger charge is 2.15. The molecule has 0 amide bonds. The van der Waals surface area contributed by atoms with Gasteiger partial charge in [-0.1, -0.05) is 11.6 Å². The van der Waals surface area contributed by atoms with E-state index in [1.165, 1.54) is 0 Å². The number of nitrogens with zero attached hydrogens (tertiary/aromatic N) is 2. The van der Waals surface area contributed by atoms with Crippen molar-refractivity contribution in [2.75, 3.05) is 19.1 Å². The van der Waals surface area contributed by atoms with E-state index in [9.17, 15) is 0 Å². The van der Waals surface area contributed by atoms with E-state index in [2.05, 4.69) is 16.5 Å². The molecule has 1 unspecified atom stereocenters. The number of fused-ring (bicyclic) bond motifs is 1. The van der Waals surface area contributed by atoms with Crippen molar-refractivity contribution in [3.63, 3.8) is 0 Å². The lowest BCUT2D eigenvalue weighted by Crippen LogP contribution is -2.15. The molecule has 1 aromatic carbocycles. The largest absolute Gasteiger partial charge is 0.380 e. The summed E-state index contributed by atoms with van der Waals surface area (Å²) in [5.41, 5.74) is 1.99. The van der Waals surface area contributed by atoms with Crippen molar-refractivity contribution in [1.82, 2.24) is 9.55 Å². The van der Waals surface area contributed by atoms with Crippen LogP contribution in [0.1, 0.15) is 25.7 Å². The predicted molar refractivity (Wildman–Crippen MR) is 80.4 cm³/mol. The molecular weight excluding hydrogens is 283 g/mol. The van der Waals surface area contributed by atoms with Gasteiger partial charge in [0.25, 0.3) is 0 Å². The Morgan fingerprint density at radius 3 is 2.89 bits per heavy atom. The van der Waals surface area contributed by atoms with Crippen LogP contribution in [0.2, 0.25) is 5.02 Å². The van der Waals surface area contributed by atoms with Gasteiger partial charge in [0.15, 0.2) is 0 Å². The van der Waals surface area contributed by atoms with Crippen molar-refractivity contribution < 1.29 is 4.74 Å². The summed E-state index contributed by atoms with van der Waals surface area (Å²) < 4.78 is 7.72.